The van der Waals surface area contributed by atoms with Gasteiger partial charge in [0, 0.05) is 6.21 Å². The van der Waals surface area contributed by atoms with Crippen LogP contribution < -0.4 is 15.5 Å². The van der Waals surface area contributed by atoms with Crippen LogP contribution in [0.5, 0.6) is 5.75 Å². The number of hydrazone groups is 1. The lowest BCUT2D eigenvalue weighted by Gasteiger charge is -2.08. The number of nitrogens with zero attached hydrogens (tertiary/aromatic N) is 1. The van der Waals surface area contributed by atoms with Gasteiger partial charge < -0.3 is 10.1 Å². The van der Waals surface area contributed by atoms with E-state index in [1.807, 2.05) is 61.5 Å². The van der Waals surface area contributed by atoms with Gasteiger partial charge in [0.2, 0.25) is 0 Å². The summed E-state index contributed by atoms with van der Waals surface area (Å²) in [5.41, 5.74) is 4.31. The van der Waals surface area contributed by atoms with Gasteiger partial charge in [-0.05, 0) is 30.2 Å². The van der Waals surface area contributed by atoms with Crippen LogP contribution in [0.2, 0.25) is 0 Å². The molecule has 0 aliphatic carbocycles. The molecule has 2 N–H and O–H groups in total. The first kappa shape index (κ1) is 18.9. The highest BCUT2D eigenvalue weighted by Gasteiger charge is 2.06. The van der Waals surface area contributed by atoms with E-state index in [1.165, 1.54) is 6.21 Å². The van der Waals surface area contributed by atoms with Crippen molar-refractivity contribution in [1.29, 1.82) is 0 Å². The second-order valence-corrected chi connectivity index (χ2v) is 5.41. The van der Waals surface area contributed by atoms with Crippen molar-refractivity contribution in [3.8, 4) is 5.75 Å². The summed E-state index contributed by atoms with van der Waals surface area (Å²) in [6.45, 7) is 1.57. The van der Waals surface area contributed by atoms with Gasteiger partial charge in [-0.25, -0.2) is 5.43 Å². The summed E-state index contributed by atoms with van der Waals surface area (Å²) >= 11 is 0. The Morgan fingerprint density at radius 2 is 1.77 bits per heavy atom. The first-order valence-corrected chi connectivity index (χ1v) is 8.14. The van der Waals surface area contributed by atoms with Gasteiger partial charge in [-0.1, -0.05) is 54.6 Å². The molecule has 26 heavy (non-hydrogen) atoms. The van der Waals surface area contributed by atoms with Gasteiger partial charge in [-0.3, -0.25) is 9.59 Å². The van der Waals surface area contributed by atoms with E-state index >= 15 is 0 Å². The third-order valence-corrected chi connectivity index (χ3v) is 3.34. The topological polar surface area (TPSA) is 79.8 Å². The van der Waals surface area contributed by atoms with E-state index in [2.05, 4.69) is 15.8 Å². The fourth-order valence-corrected chi connectivity index (χ4v) is 2.00. The molecule has 0 aliphatic rings. The van der Waals surface area contributed by atoms with E-state index in [0.29, 0.717) is 5.75 Å². The van der Waals surface area contributed by atoms with E-state index in [4.69, 9.17) is 4.74 Å². The zero-order valence-electron chi connectivity index (χ0n) is 14.5. The summed E-state index contributed by atoms with van der Waals surface area (Å²) in [5, 5.41) is 6.25. The summed E-state index contributed by atoms with van der Waals surface area (Å²) in [4.78, 5) is 23.3. The van der Waals surface area contributed by atoms with Crippen LogP contribution in [0.15, 0.2) is 65.8 Å². The molecule has 6 heteroatoms. The minimum Gasteiger partial charge on any atom is -0.484 e. The zero-order valence-corrected chi connectivity index (χ0v) is 14.5. The van der Waals surface area contributed by atoms with Crippen LogP contribution in [0.4, 0.5) is 0 Å². The highest BCUT2D eigenvalue weighted by molar-refractivity contribution is 5.86. The lowest BCUT2D eigenvalue weighted by molar-refractivity contribution is -0.127. The van der Waals surface area contributed by atoms with Gasteiger partial charge in [0.05, 0.1) is 6.54 Å². The van der Waals surface area contributed by atoms with Crippen LogP contribution in [0.25, 0.3) is 6.08 Å². The number of hydrogen-bond acceptors (Lipinski definition) is 4. The highest BCUT2D eigenvalue weighted by Crippen LogP contribution is 2.15. The van der Waals surface area contributed by atoms with Gasteiger partial charge in [0.1, 0.15) is 5.75 Å². The van der Waals surface area contributed by atoms with Gasteiger partial charge >= 0.3 is 0 Å². The predicted octanol–water partition coefficient (Wildman–Crippen LogP) is 2.31. The van der Waals surface area contributed by atoms with Gasteiger partial charge in [-0.15, -0.1) is 0 Å². The van der Waals surface area contributed by atoms with Crippen molar-refractivity contribution in [2.45, 2.75) is 6.92 Å². The van der Waals surface area contributed by atoms with E-state index < -0.39 is 5.91 Å². The molecule has 0 unspecified atom stereocenters. The molecule has 2 amide bonds. The van der Waals surface area contributed by atoms with Crippen LogP contribution in [0, 0.1) is 6.92 Å². The molecule has 6 nitrogen and oxygen atoms in total. The second-order valence-electron chi connectivity index (χ2n) is 5.41. The standard InChI is InChI=1S/C20H21N3O3/c1-16-8-5-6-12-18(16)26-15-20(25)21-14-19(24)23-22-13-7-11-17-9-3-2-4-10-17/h2-13H,14-15H2,1H3,(H,21,25)(H,23,24)/b11-7+,22-13+. The Morgan fingerprint density at radius 3 is 2.54 bits per heavy atom. The van der Waals surface area contributed by atoms with Crippen molar-refractivity contribution < 1.29 is 14.3 Å². The number of ether oxygens (including phenoxy) is 1. The quantitative estimate of drug-likeness (QED) is 0.566. The molecule has 2 rings (SSSR count). The number of hydrogen-bond donors (Lipinski definition) is 2. The maximum atomic E-state index is 11.7. The van der Waals surface area contributed by atoms with Gasteiger partial charge in [0.25, 0.3) is 11.8 Å². The summed E-state index contributed by atoms with van der Waals surface area (Å²) in [6, 6.07) is 17.1. The molecule has 0 saturated carbocycles. The molecule has 2 aromatic rings. The Bertz CT molecular complexity index is 786. The molecule has 134 valence electrons. The Kier molecular flexibility index (Phi) is 7.61. The first-order valence-electron chi connectivity index (χ1n) is 8.14. The normalized spacial score (nSPS) is 10.8. The molecule has 0 aliphatic heterocycles. The summed E-state index contributed by atoms with van der Waals surface area (Å²) in [6.07, 6.45) is 5.04. The third-order valence-electron chi connectivity index (χ3n) is 3.34. The Balaban J connectivity index is 1.63. The maximum Gasteiger partial charge on any atom is 0.259 e. The monoisotopic (exact) mass is 351 g/mol. The summed E-state index contributed by atoms with van der Waals surface area (Å²) in [7, 11) is 0. The van der Waals surface area contributed by atoms with Crippen LogP contribution in [0.1, 0.15) is 11.1 Å². The molecule has 0 bridgehead atoms. The van der Waals surface area contributed by atoms with E-state index in [9.17, 15) is 9.59 Å². The number of allylic oxidation sites excluding steroid dienone is 1. The molecular weight excluding hydrogens is 330 g/mol. The van der Waals surface area contributed by atoms with Crippen molar-refractivity contribution in [1.82, 2.24) is 10.7 Å². The van der Waals surface area contributed by atoms with Crippen molar-refractivity contribution in [2.75, 3.05) is 13.2 Å². The molecule has 2 aromatic carbocycles. The molecule has 0 spiro atoms. The summed E-state index contributed by atoms with van der Waals surface area (Å²) < 4.78 is 5.40. The Hall–Kier alpha value is -3.41. The van der Waals surface area contributed by atoms with E-state index in [0.717, 1.165) is 11.1 Å². The number of carbonyl (C=O) groups excluding carboxylic acids is 2. The minimum atomic E-state index is -0.418. The third kappa shape index (κ3) is 7.00. The second kappa shape index (κ2) is 10.5. The molecule has 0 fully saturated rings. The number of amides is 2. The lowest BCUT2D eigenvalue weighted by Crippen LogP contribution is -2.37. The fraction of sp³-hybridized carbons (Fsp3) is 0.150. The largest absolute Gasteiger partial charge is 0.484 e. The smallest absolute Gasteiger partial charge is 0.259 e. The van der Waals surface area contributed by atoms with Gasteiger partial charge in [0.15, 0.2) is 6.61 Å². The van der Waals surface area contributed by atoms with Crippen molar-refractivity contribution in [2.24, 2.45) is 5.10 Å². The van der Waals surface area contributed by atoms with E-state index in [1.54, 1.807) is 12.1 Å². The average molecular weight is 351 g/mol. The Morgan fingerprint density at radius 1 is 1.04 bits per heavy atom. The number of aryl methyl sites for hydroxylation is 1. The van der Waals surface area contributed by atoms with Crippen LogP contribution in [-0.2, 0) is 9.59 Å². The molecule has 0 heterocycles. The van der Waals surface area contributed by atoms with Crippen molar-refractivity contribution in [3.05, 3.63) is 71.8 Å². The summed E-state index contributed by atoms with van der Waals surface area (Å²) in [5.74, 6) is -0.156. The van der Waals surface area contributed by atoms with Gasteiger partial charge in [-0.2, -0.15) is 5.10 Å². The lowest BCUT2D eigenvalue weighted by atomic mass is 10.2. The van der Waals surface area contributed by atoms with E-state index in [-0.39, 0.29) is 19.1 Å². The number of para-hydroxylation sites is 1. The average Bonchev–Trinajstić information content (AvgIpc) is 2.66. The van der Waals surface area contributed by atoms with Crippen molar-refractivity contribution >= 4 is 24.1 Å². The number of nitrogens with one attached hydrogen (secondary N) is 2. The molecule has 0 saturated heterocycles. The maximum absolute atomic E-state index is 11.7. The Labute approximate surface area is 152 Å². The molecule has 0 atom stereocenters. The molecule has 0 radical (unpaired) electrons. The fourth-order valence-electron chi connectivity index (χ4n) is 2.00. The molecular formula is C20H21N3O3. The molecule has 0 aromatic heterocycles. The minimum absolute atomic E-state index is 0.152. The zero-order chi connectivity index (χ0) is 18.6. The van der Waals surface area contributed by atoms with Crippen LogP contribution >= 0.6 is 0 Å². The van der Waals surface area contributed by atoms with Crippen LogP contribution in [0.3, 0.4) is 0 Å². The number of rotatable bonds is 8. The number of benzene rings is 2. The highest BCUT2D eigenvalue weighted by atomic mass is 16.5. The van der Waals surface area contributed by atoms with Crippen molar-refractivity contribution in [3.63, 3.8) is 0 Å². The van der Waals surface area contributed by atoms with Crippen LogP contribution in [-0.4, -0.2) is 31.2 Å². The number of carbonyl (C=O) groups is 2. The SMILES string of the molecule is Cc1ccccc1OCC(=O)NCC(=O)N/N=C/C=C/c1ccccc1. The predicted molar refractivity (Wildman–Crippen MR) is 102 cm³/mol. The first-order chi connectivity index (χ1) is 12.6.